The molecule has 0 saturated carbocycles. The predicted octanol–water partition coefficient (Wildman–Crippen LogP) is 1.03. The Balaban J connectivity index is 2.26. The minimum absolute atomic E-state index is 0.0300. The Labute approximate surface area is 76.6 Å². The molecule has 0 aromatic heterocycles. The van der Waals surface area contributed by atoms with Crippen molar-refractivity contribution in [2.45, 2.75) is 0 Å². The molecule has 1 atom stereocenters. The van der Waals surface area contributed by atoms with Gasteiger partial charge in [-0.2, -0.15) is 0 Å². The SMILES string of the molecule is OC[C@@H]1CON=C1c1ccccc1. The lowest BCUT2D eigenvalue weighted by Gasteiger charge is -2.05. The molecular formula is C10H11NO2. The molecule has 0 amide bonds. The van der Waals surface area contributed by atoms with Gasteiger partial charge in [0, 0.05) is 0 Å². The van der Waals surface area contributed by atoms with Gasteiger partial charge in [0.05, 0.1) is 18.2 Å². The molecule has 0 unspecified atom stereocenters. The van der Waals surface area contributed by atoms with Gasteiger partial charge in [-0.15, -0.1) is 0 Å². The first-order valence-electron chi connectivity index (χ1n) is 4.28. The van der Waals surface area contributed by atoms with E-state index in [4.69, 9.17) is 9.94 Å². The molecule has 1 aromatic rings. The summed E-state index contributed by atoms with van der Waals surface area (Å²) in [7, 11) is 0. The highest BCUT2D eigenvalue weighted by molar-refractivity contribution is 6.02. The van der Waals surface area contributed by atoms with Gasteiger partial charge < -0.3 is 9.94 Å². The zero-order valence-corrected chi connectivity index (χ0v) is 7.18. The fourth-order valence-electron chi connectivity index (χ4n) is 1.39. The van der Waals surface area contributed by atoms with Gasteiger partial charge >= 0.3 is 0 Å². The van der Waals surface area contributed by atoms with Crippen molar-refractivity contribution in [1.29, 1.82) is 0 Å². The average molecular weight is 177 g/mol. The second-order valence-corrected chi connectivity index (χ2v) is 3.02. The van der Waals surface area contributed by atoms with E-state index in [0.29, 0.717) is 6.61 Å². The summed E-state index contributed by atoms with van der Waals surface area (Å²) < 4.78 is 0. The summed E-state index contributed by atoms with van der Waals surface area (Å²) in [6.07, 6.45) is 0. The lowest BCUT2D eigenvalue weighted by atomic mass is 9.99. The summed E-state index contributed by atoms with van der Waals surface area (Å²) in [5.74, 6) is 0.0300. The van der Waals surface area contributed by atoms with E-state index in [2.05, 4.69) is 5.16 Å². The summed E-state index contributed by atoms with van der Waals surface area (Å²) in [6, 6.07) is 9.79. The normalized spacial score (nSPS) is 21.0. The van der Waals surface area contributed by atoms with Gasteiger partial charge in [-0.3, -0.25) is 0 Å². The first kappa shape index (κ1) is 8.26. The molecule has 1 N–H and O–H groups in total. The molecule has 0 bridgehead atoms. The fraction of sp³-hybridized carbons (Fsp3) is 0.300. The highest BCUT2D eigenvalue weighted by atomic mass is 16.6. The van der Waals surface area contributed by atoms with Crippen LogP contribution in [0.2, 0.25) is 0 Å². The van der Waals surface area contributed by atoms with E-state index >= 15 is 0 Å². The van der Waals surface area contributed by atoms with Crippen LogP contribution in [0.1, 0.15) is 5.56 Å². The average Bonchev–Trinajstić information content (AvgIpc) is 2.67. The van der Waals surface area contributed by atoms with Gasteiger partial charge in [0.15, 0.2) is 0 Å². The van der Waals surface area contributed by atoms with E-state index in [1.807, 2.05) is 30.3 Å². The van der Waals surface area contributed by atoms with Crippen LogP contribution in [-0.4, -0.2) is 24.0 Å². The summed E-state index contributed by atoms with van der Waals surface area (Å²) in [5, 5.41) is 13.0. The predicted molar refractivity (Wildman–Crippen MR) is 49.5 cm³/mol. The second-order valence-electron chi connectivity index (χ2n) is 3.02. The molecule has 1 aliphatic rings. The number of rotatable bonds is 2. The monoisotopic (exact) mass is 177 g/mol. The van der Waals surface area contributed by atoms with Crippen molar-refractivity contribution in [3.05, 3.63) is 35.9 Å². The van der Waals surface area contributed by atoms with Crippen molar-refractivity contribution in [2.75, 3.05) is 13.2 Å². The topological polar surface area (TPSA) is 41.8 Å². The van der Waals surface area contributed by atoms with Crippen LogP contribution in [0.5, 0.6) is 0 Å². The molecule has 0 saturated heterocycles. The molecule has 3 heteroatoms. The highest BCUT2D eigenvalue weighted by Gasteiger charge is 2.23. The smallest absolute Gasteiger partial charge is 0.127 e. The minimum atomic E-state index is 0.0300. The van der Waals surface area contributed by atoms with Crippen molar-refractivity contribution in [3.63, 3.8) is 0 Å². The van der Waals surface area contributed by atoms with Crippen LogP contribution in [0.15, 0.2) is 35.5 Å². The van der Waals surface area contributed by atoms with Crippen molar-refractivity contribution in [2.24, 2.45) is 11.1 Å². The molecule has 0 radical (unpaired) electrons. The minimum Gasteiger partial charge on any atom is -0.396 e. The van der Waals surface area contributed by atoms with Crippen molar-refractivity contribution < 1.29 is 9.94 Å². The maximum atomic E-state index is 9.04. The van der Waals surface area contributed by atoms with Crippen LogP contribution in [0, 0.1) is 5.92 Å². The van der Waals surface area contributed by atoms with Gasteiger partial charge in [-0.25, -0.2) is 0 Å². The summed E-state index contributed by atoms with van der Waals surface area (Å²) in [4.78, 5) is 4.94. The van der Waals surface area contributed by atoms with Crippen molar-refractivity contribution >= 4 is 5.71 Å². The molecule has 3 nitrogen and oxygen atoms in total. The van der Waals surface area contributed by atoms with E-state index in [9.17, 15) is 0 Å². The van der Waals surface area contributed by atoms with Crippen LogP contribution in [-0.2, 0) is 4.84 Å². The third-order valence-electron chi connectivity index (χ3n) is 2.12. The Morgan fingerprint density at radius 1 is 1.38 bits per heavy atom. The van der Waals surface area contributed by atoms with Crippen LogP contribution in [0.25, 0.3) is 0 Å². The van der Waals surface area contributed by atoms with Gasteiger partial charge in [-0.05, 0) is 5.56 Å². The zero-order chi connectivity index (χ0) is 9.10. The molecule has 0 spiro atoms. The van der Waals surface area contributed by atoms with Crippen LogP contribution in [0.4, 0.5) is 0 Å². The van der Waals surface area contributed by atoms with Crippen LogP contribution >= 0.6 is 0 Å². The third kappa shape index (κ3) is 1.55. The molecule has 0 fully saturated rings. The Bertz CT molecular complexity index is 308. The lowest BCUT2D eigenvalue weighted by Crippen LogP contribution is -2.18. The Kier molecular flexibility index (Phi) is 2.27. The molecule has 2 rings (SSSR count). The van der Waals surface area contributed by atoms with Gasteiger partial charge in [0.2, 0.25) is 0 Å². The maximum absolute atomic E-state index is 9.04. The van der Waals surface area contributed by atoms with E-state index in [1.165, 1.54) is 0 Å². The number of aliphatic hydroxyl groups excluding tert-OH is 1. The highest BCUT2D eigenvalue weighted by Crippen LogP contribution is 2.16. The molecule has 0 aliphatic carbocycles. The standard InChI is InChI=1S/C10H11NO2/c12-6-9-7-13-11-10(9)8-4-2-1-3-5-8/h1-5,9,12H,6-7H2/t9-/m1/s1. The lowest BCUT2D eigenvalue weighted by molar-refractivity contribution is 0.132. The molecule has 1 aliphatic heterocycles. The first-order valence-corrected chi connectivity index (χ1v) is 4.28. The molecule has 68 valence electrons. The van der Waals surface area contributed by atoms with Gasteiger partial charge in [0.25, 0.3) is 0 Å². The fourth-order valence-corrected chi connectivity index (χ4v) is 1.39. The Morgan fingerprint density at radius 2 is 2.15 bits per heavy atom. The number of hydrogen-bond acceptors (Lipinski definition) is 3. The van der Waals surface area contributed by atoms with Gasteiger partial charge in [0.1, 0.15) is 6.61 Å². The maximum Gasteiger partial charge on any atom is 0.127 e. The molecule has 1 heterocycles. The summed E-state index contributed by atoms with van der Waals surface area (Å²) in [6.45, 7) is 0.578. The summed E-state index contributed by atoms with van der Waals surface area (Å²) >= 11 is 0. The first-order chi connectivity index (χ1) is 6.42. The van der Waals surface area contributed by atoms with Crippen molar-refractivity contribution in [3.8, 4) is 0 Å². The number of nitrogens with zero attached hydrogens (tertiary/aromatic N) is 1. The van der Waals surface area contributed by atoms with E-state index in [0.717, 1.165) is 11.3 Å². The van der Waals surface area contributed by atoms with E-state index in [-0.39, 0.29) is 12.5 Å². The number of hydrogen-bond donors (Lipinski definition) is 1. The van der Waals surface area contributed by atoms with E-state index in [1.54, 1.807) is 0 Å². The second kappa shape index (κ2) is 3.58. The van der Waals surface area contributed by atoms with Gasteiger partial charge in [-0.1, -0.05) is 35.5 Å². The number of benzene rings is 1. The number of oxime groups is 1. The third-order valence-corrected chi connectivity index (χ3v) is 2.12. The van der Waals surface area contributed by atoms with Crippen LogP contribution in [0.3, 0.4) is 0 Å². The molecule has 13 heavy (non-hydrogen) atoms. The van der Waals surface area contributed by atoms with E-state index < -0.39 is 0 Å². The molecular weight excluding hydrogens is 166 g/mol. The van der Waals surface area contributed by atoms with Crippen molar-refractivity contribution in [1.82, 2.24) is 0 Å². The Morgan fingerprint density at radius 3 is 2.85 bits per heavy atom. The molecule has 1 aromatic carbocycles. The number of aliphatic hydroxyl groups is 1. The Hall–Kier alpha value is -1.35. The van der Waals surface area contributed by atoms with Crippen LogP contribution < -0.4 is 0 Å². The zero-order valence-electron chi connectivity index (χ0n) is 7.18. The largest absolute Gasteiger partial charge is 0.396 e. The quantitative estimate of drug-likeness (QED) is 0.733. The summed E-state index contributed by atoms with van der Waals surface area (Å²) in [5.41, 5.74) is 1.88.